The molecule has 1 heterocycles. The van der Waals surface area contributed by atoms with Crippen LogP contribution in [-0.4, -0.2) is 23.8 Å². The summed E-state index contributed by atoms with van der Waals surface area (Å²) in [5.74, 6) is 1.92. The lowest BCUT2D eigenvalue weighted by atomic mass is 10.2. The number of pyridine rings is 1. The largest absolute Gasteiger partial charge is 0.491 e. The Morgan fingerprint density at radius 1 is 1.18 bits per heavy atom. The first-order chi connectivity index (χ1) is 7.99. The molecule has 17 heavy (non-hydrogen) atoms. The van der Waals surface area contributed by atoms with Crippen LogP contribution in [0.5, 0.6) is 17.2 Å². The zero-order valence-electron chi connectivity index (χ0n) is 10.8. The molecule has 2 rings (SSSR count). The molecule has 0 N–H and O–H groups in total. The number of hydrogen-bond donors (Lipinski definition) is 0. The van der Waals surface area contributed by atoms with Crippen molar-refractivity contribution >= 4 is 0 Å². The summed E-state index contributed by atoms with van der Waals surface area (Å²) in [6.07, 6.45) is 5.84. The fraction of sp³-hybridized carbons (Fsp3) is 0.615. The van der Waals surface area contributed by atoms with Gasteiger partial charge in [0.1, 0.15) is 5.60 Å². The predicted molar refractivity (Wildman–Crippen MR) is 64.8 cm³/mol. The van der Waals surface area contributed by atoms with Crippen molar-refractivity contribution in [1.82, 2.24) is 4.98 Å². The summed E-state index contributed by atoms with van der Waals surface area (Å²) in [6.45, 7) is 5.98. The number of nitrogens with zero attached hydrogens (tertiary/aromatic N) is 1. The van der Waals surface area contributed by atoms with E-state index in [1.807, 2.05) is 20.8 Å². The summed E-state index contributed by atoms with van der Waals surface area (Å²) in [6, 6.07) is 0. The maximum Gasteiger partial charge on any atom is 0.207 e. The van der Waals surface area contributed by atoms with Gasteiger partial charge in [0.15, 0.2) is 11.5 Å². The minimum Gasteiger partial charge on any atom is -0.491 e. The first-order valence-corrected chi connectivity index (χ1v) is 5.87. The molecule has 1 saturated carbocycles. The quantitative estimate of drug-likeness (QED) is 0.807. The van der Waals surface area contributed by atoms with Crippen molar-refractivity contribution in [3.8, 4) is 17.2 Å². The maximum atomic E-state index is 5.89. The van der Waals surface area contributed by atoms with E-state index in [2.05, 4.69) is 4.98 Å². The Kier molecular flexibility index (Phi) is 3.13. The van der Waals surface area contributed by atoms with Gasteiger partial charge in [0.2, 0.25) is 5.75 Å². The highest BCUT2D eigenvalue weighted by molar-refractivity contribution is 5.49. The number of ether oxygens (including phenoxy) is 3. The van der Waals surface area contributed by atoms with Crippen molar-refractivity contribution in [2.45, 2.75) is 45.3 Å². The van der Waals surface area contributed by atoms with E-state index in [1.165, 1.54) is 0 Å². The lowest BCUT2D eigenvalue weighted by molar-refractivity contribution is 0.117. The molecule has 0 radical (unpaired) electrons. The van der Waals surface area contributed by atoms with Gasteiger partial charge < -0.3 is 14.2 Å². The molecule has 1 aromatic rings. The Bertz CT molecular complexity index is 394. The second kappa shape index (κ2) is 4.43. The van der Waals surface area contributed by atoms with Crippen molar-refractivity contribution in [1.29, 1.82) is 0 Å². The third-order valence-corrected chi connectivity index (χ3v) is 2.28. The minimum absolute atomic E-state index is 0.295. The molecular formula is C13H19NO3. The van der Waals surface area contributed by atoms with Crippen LogP contribution in [0.3, 0.4) is 0 Å². The molecule has 0 saturated heterocycles. The van der Waals surface area contributed by atoms with Gasteiger partial charge >= 0.3 is 0 Å². The van der Waals surface area contributed by atoms with Gasteiger partial charge in [-0.15, -0.1) is 0 Å². The standard InChI is InChI=1S/C13H19NO3/c1-13(2,3)17-12-10(15-4)7-14-8-11(12)16-9-5-6-9/h7-9H,5-6H2,1-4H3. The van der Waals surface area contributed by atoms with E-state index >= 15 is 0 Å². The summed E-state index contributed by atoms with van der Waals surface area (Å²) in [4.78, 5) is 4.10. The van der Waals surface area contributed by atoms with Crippen LogP contribution < -0.4 is 14.2 Å². The van der Waals surface area contributed by atoms with Crippen LogP contribution in [0, 0.1) is 0 Å². The Morgan fingerprint density at radius 2 is 1.82 bits per heavy atom. The first kappa shape index (κ1) is 12.0. The predicted octanol–water partition coefficient (Wildman–Crippen LogP) is 2.81. The van der Waals surface area contributed by atoms with Gasteiger partial charge in [-0.05, 0) is 33.6 Å². The van der Waals surface area contributed by atoms with E-state index in [4.69, 9.17) is 14.2 Å². The minimum atomic E-state index is -0.295. The maximum absolute atomic E-state index is 5.89. The molecular weight excluding hydrogens is 218 g/mol. The van der Waals surface area contributed by atoms with E-state index in [0.29, 0.717) is 23.4 Å². The molecule has 0 bridgehead atoms. The highest BCUT2D eigenvalue weighted by Gasteiger charge is 2.27. The number of hydrogen-bond acceptors (Lipinski definition) is 4. The molecule has 0 amide bonds. The third-order valence-electron chi connectivity index (χ3n) is 2.28. The van der Waals surface area contributed by atoms with Crippen LogP contribution in [0.15, 0.2) is 12.4 Å². The molecule has 4 heteroatoms. The average Bonchev–Trinajstić information content (AvgIpc) is 3.02. The summed E-state index contributed by atoms with van der Waals surface area (Å²) in [5, 5.41) is 0. The van der Waals surface area contributed by atoms with Gasteiger partial charge in [-0.25, -0.2) is 0 Å². The zero-order valence-corrected chi connectivity index (χ0v) is 10.8. The molecule has 94 valence electrons. The monoisotopic (exact) mass is 237 g/mol. The summed E-state index contributed by atoms with van der Waals surface area (Å²) in [7, 11) is 1.60. The number of methoxy groups -OCH3 is 1. The van der Waals surface area contributed by atoms with Gasteiger partial charge in [-0.1, -0.05) is 0 Å². The zero-order chi connectivity index (χ0) is 12.5. The van der Waals surface area contributed by atoms with Gasteiger partial charge in [0.25, 0.3) is 0 Å². The SMILES string of the molecule is COc1cncc(OC2CC2)c1OC(C)(C)C. The Labute approximate surface area is 102 Å². The van der Waals surface area contributed by atoms with Crippen LogP contribution in [0.2, 0.25) is 0 Å². The molecule has 1 aliphatic carbocycles. The van der Waals surface area contributed by atoms with E-state index < -0.39 is 0 Å². The highest BCUT2D eigenvalue weighted by Crippen LogP contribution is 2.40. The second-order valence-electron chi connectivity index (χ2n) is 5.20. The van der Waals surface area contributed by atoms with Crippen molar-refractivity contribution in [3.63, 3.8) is 0 Å². The van der Waals surface area contributed by atoms with Crippen LogP contribution in [-0.2, 0) is 0 Å². The van der Waals surface area contributed by atoms with Crippen LogP contribution in [0.4, 0.5) is 0 Å². The normalized spacial score (nSPS) is 15.5. The number of rotatable bonds is 4. The van der Waals surface area contributed by atoms with E-state index in [-0.39, 0.29) is 5.60 Å². The third kappa shape index (κ3) is 3.25. The summed E-state index contributed by atoms with van der Waals surface area (Å²) < 4.78 is 16.9. The first-order valence-electron chi connectivity index (χ1n) is 5.87. The van der Waals surface area contributed by atoms with E-state index in [9.17, 15) is 0 Å². The topological polar surface area (TPSA) is 40.6 Å². The van der Waals surface area contributed by atoms with Crippen molar-refractivity contribution < 1.29 is 14.2 Å². The second-order valence-corrected chi connectivity index (χ2v) is 5.20. The Balaban J connectivity index is 2.28. The molecule has 4 nitrogen and oxygen atoms in total. The fourth-order valence-corrected chi connectivity index (χ4v) is 1.41. The van der Waals surface area contributed by atoms with Gasteiger partial charge in [0.05, 0.1) is 25.6 Å². The molecule has 0 atom stereocenters. The van der Waals surface area contributed by atoms with E-state index in [0.717, 1.165) is 12.8 Å². The van der Waals surface area contributed by atoms with E-state index in [1.54, 1.807) is 19.5 Å². The molecule has 1 fully saturated rings. The van der Waals surface area contributed by atoms with Crippen molar-refractivity contribution in [2.24, 2.45) is 0 Å². The van der Waals surface area contributed by atoms with Gasteiger partial charge in [0, 0.05) is 0 Å². The molecule has 0 spiro atoms. The highest BCUT2D eigenvalue weighted by atomic mass is 16.6. The molecule has 1 aromatic heterocycles. The molecule has 1 aliphatic rings. The smallest absolute Gasteiger partial charge is 0.207 e. The Morgan fingerprint density at radius 3 is 2.35 bits per heavy atom. The fourth-order valence-electron chi connectivity index (χ4n) is 1.41. The van der Waals surface area contributed by atoms with Crippen molar-refractivity contribution in [2.75, 3.05) is 7.11 Å². The van der Waals surface area contributed by atoms with Crippen LogP contribution in [0.25, 0.3) is 0 Å². The Hall–Kier alpha value is -1.45. The van der Waals surface area contributed by atoms with Gasteiger partial charge in [-0.3, -0.25) is 4.98 Å². The molecule has 0 unspecified atom stereocenters. The molecule has 0 aromatic carbocycles. The molecule has 0 aliphatic heterocycles. The lowest BCUT2D eigenvalue weighted by Crippen LogP contribution is -2.23. The van der Waals surface area contributed by atoms with Crippen LogP contribution in [0.1, 0.15) is 33.6 Å². The van der Waals surface area contributed by atoms with Crippen molar-refractivity contribution in [3.05, 3.63) is 12.4 Å². The van der Waals surface area contributed by atoms with Crippen LogP contribution >= 0.6 is 0 Å². The average molecular weight is 237 g/mol. The summed E-state index contributed by atoms with van der Waals surface area (Å²) >= 11 is 0. The van der Waals surface area contributed by atoms with Gasteiger partial charge in [-0.2, -0.15) is 0 Å². The number of aromatic nitrogens is 1. The lowest BCUT2D eigenvalue weighted by Gasteiger charge is -2.24. The summed E-state index contributed by atoms with van der Waals surface area (Å²) in [5.41, 5.74) is -0.295.